The highest BCUT2D eigenvalue weighted by molar-refractivity contribution is 5.87. The molecule has 1 saturated heterocycles. The Kier molecular flexibility index (Phi) is 8.23. The number of ether oxygens (including phenoxy) is 1. The van der Waals surface area contributed by atoms with Gasteiger partial charge >= 0.3 is 0 Å². The van der Waals surface area contributed by atoms with Crippen LogP contribution in [0.2, 0.25) is 0 Å². The first kappa shape index (κ1) is 15.0. The smallest absolute Gasteiger partial charge is 0.243 e. The lowest BCUT2D eigenvalue weighted by Crippen LogP contribution is -2.24. The second-order valence-corrected chi connectivity index (χ2v) is 4.74. The fourth-order valence-corrected chi connectivity index (χ4v) is 1.91. The molecule has 0 aliphatic carbocycles. The average Bonchev–Trinajstić information content (AvgIpc) is 2.87. The molecule has 0 spiro atoms. The van der Waals surface area contributed by atoms with Gasteiger partial charge in [-0.2, -0.15) is 0 Å². The zero-order valence-corrected chi connectivity index (χ0v) is 11.4. The molecular formula is C15H25NO2. The summed E-state index contributed by atoms with van der Waals surface area (Å²) in [7, 11) is 0. The molecular weight excluding hydrogens is 226 g/mol. The van der Waals surface area contributed by atoms with Crippen LogP contribution < -0.4 is 5.32 Å². The van der Waals surface area contributed by atoms with Crippen LogP contribution in [0.25, 0.3) is 0 Å². The summed E-state index contributed by atoms with van der Waals surface area (Å²) in [6, 6.07) is 0. The van der Waals surface area contributed by atoms with Crippen molar-refractivity contribution in [1.29, 1.82) is 0 Å². The molecule has 1 aliphatic rings. The highest BCUT2D eigenvalue weighted by atomic mass is 16.5. The number of rotatable bonds is 8. The minimum Gasteiger partial charge on any atom is -0.381 e. The van der Waals surface area contributed by atoms with Gasteiger partial charge in [0.05, 0.1) is 0 Å². The van der Waals surface area contributed by atoms with E-state index in [2.05, 4.69) is 18.3 Å². The van der Waals surface area contributed by atoms with Gasteiger partial charge < -0.3 is 10.1 Å². The summed E-state index contributed by atoms with van der Waals surface area (Å²) in [6.07, 6.45) is 13.1. The predicted molar refractivity (Wildman–Crippen MR) is 74.4 cm³/mol. The van der Waals surface area contributed by atoms with Crippen LogP contribution in [0.3, 0.4) is 0 Å². The number of carbonyl (C=O) groups is 1. The molecule has 102 valence electrons. The molecule has 1 fully saturated rings. The van der Waals surface area contributed by atoms with E-state index >= 15 is 0 Å². The molecule has 1 N–H and O–H groups in total. The summed E-state index contributed by atoms with van der Waals surface area (Å²) in [5, 5.41) is 2.90. The van der Waals surface area contributed by atoms with Crippen molar-refractivity contribution in [3.63, 3.8) is 0 Å². The molecule has 0 aromatic carbocycles. The van der Waals surface area contributed by atoms with Gasteiger partial charge in [-0.05, 0) is 25.2 Å². The summed E-state index contributed by atoms with van der Waals surface area (Å²) in [4.78, 5) is 11.4. The third kappa shape index (κ3) is 7.28. The third-order valence-corrected chi connectivity index (χ3v) is 3.09. The largest absolute Gasteiger partial charge is 0.381 e. The first-order chi connectivity index (χ1) is 8.83. The van der Waals surface area contributed by atoms with Crippen LogP contribution in [0.15, 0.2) is 24.3 Å². The number of carbonyl (C=O) groups excluding carboxylic acids is 1. The predicted octanol–water partition coefficient (Wildman–Crippen LogP) is 2.83. The van der Waals surface area contributed by atoms with Gasteiger partial charge in [0, 0.05) is 25.8 Å². The maximum Gasteiger partial charge on any atom is 0.243 e. The SMILES string of the molecule is CCCCC=CC=CC(=O)NCCC1CCOC1. The van der Waals surface area contributed by atoms with Crippen LogP contribution in [0, 0.1) is 5.92 Å². The molecule has 0 bridgehead atoms. The highest BCUT2D eigenvalue weighted by Gasteiger charge is 2.14. The molecule has 3 nitrogen and oxygen atoms in total. The Hall–Kier alpha value is -1.09. The molecule has 0 radical (unpaired) electrons. The maximum absolute atomic E-state index is 11.4. The monoisotopic (exact) mass is 251 g/mol. The van der Waals surface area contributed by atoms with Gasteiger partial charge in [-0.15, -0.1) is 0 Å². The van der Waals surface area contributed by atoms with Gasteiger partial charge in [0.1, 0.15) is 0 Å². The molecule has 1 rings (SSSR count). The Morgan fingerprint density at radius 3 is 3.06 bits per heavy atom. The Labute approximate surface area is 110 Å². The van der Waals surface area contributed by atoms with Crippen LogP contribution >= 0.6 is 0 Å². The zero-order chi connectivity index (χ0) is 13.1. The summed E-state index contributed by atoms with van der Waals surface area (Å²) < 4.78 is 5.29. The molecule has 1 amide bonds. The van der Waals surface area contributed by atoms with Crippen LogP contribution in [0.5, 0.6) is 0 Å². The van der Waals surface area contributed by atoms with Crippen molar-refractivity contribution in [2.45, 2.75) is 39.0 Å². The van der Waals surface area contributed by atoms with E-state index in [9.17, 15) is 4.79 Å². The number of hydrogen-bond donors (Lipinski definition) is 1. The summed E-state index contributed by atoms with van der Waals surface area (Å²) in [5.74, 6) is 0.622. The lowest BCUT2D eigenvalue weighted by Gasteiger charge is -2.06. The van der Waals surface area contributed by atoms with E-state index in [4.69, 9.17) is 4.74 Å². The van der Waals surface area contributed by atoms with Crippen molar-refractivity contribution >= 4 is 5.91 Å². The molecule has 1 heterocycles. The van der Waals surface area contributed by atoms with Gasteiger partial charge in [0.25, 0.3) is 0 Å². The van der Waals surface area contributed by atoms with E-state index in [1.165, 1.54) is 12.8 Å². The second kappa shape index (κ2) is 9.89. The van der Waals surface area contributed by atoms with E-state index in [0.29, 0.717) is 5.92 Å². The van der Waals surface area contributed by atoms with Gasteiger partial charge in [-0.3, -0.25) is 4.79 Å². The van der Waals surface area contributed by atoms with Crippen LogP contribution in [0.1, 0.15) is 39.0 Å². The highest BCUT2D eigenvalue weighted by Crippen LogP contribution is 2.14. The van der Waals surface area contributed by atoms with Crippen molar-refractivity contribution in [2.75, 3.05) is 19.8 Å². The minimum atomic E-state index is -0.00550. The fraction of sp³-hybridized carbons (Fsp3) is 0.667. The molecule has 1 atom stereocenters. The van der Waals surface area contributed by atoms with Crippen LogP contribution in [-0.4, -0.2) is 25.7 Å². The third-order valence-electron chi connectivity index (χ3n) is 3.09. The van der Waals surface area contributed by atoms with E-state index in [1.54, 1.807) is 6.08 Å². The molecule has 1 unspecified atom stereocenters. The van der Waals surface area contributed by atoms with E-state index in [0.717, 1.165) is 39.0 Å². The molecule has 18 heavy (non-hydrogen) atoms. The summed E-state index contributed by atoms with van der Waals surface area (Å²) >= 11 is 0. The van der Waals surface area contributed by atoms with E-state index < -0.39 is 0 Å². The topological polar surface area (TPSA) is 38.3 Å². The van der Waals surface area contributed by atoms with Crippen molar-refractivity contribution in [3.05, 3.63) is 24.3 Å². The standard InChI is InChI=1S/C15H25NO2/c1-2-3-4-5-6-7-8-15(17)16-11-9-14-10-12-18-13-14/h5-8,14H,2-4,9-13H2,1H3,(H,16,17). The van der Waals surface area contributed by atoms with Crippen molar-refractivity contribution in [1.82, 2.24) is 5.32 Å². The molecule has 1 aliphatic heterocycles. The minimum absolute atomic E-state index is 0.00550. The molecule has 0 saturated carbocycles. The first-order valence-electron chi connectivity index (χ1n) is 7.01. The number of nitrogens with one attached hydrogen (secondary N) is 1. The lowest BCUT2D eigenvalue weighted by atomic mass is 10.1. The number of unbranched alkanes of at least 4 members (excludes halogenated alkanes) is 2. The molecule has 3 heteroatoms. The quantitative estimate of drug-likeness (QED) is 0.409. The molecule has 0 aromatic heterocycles. The van der Waals surface area contributed by atoms with Crippen molar-refractivity contribution in [3.8, 4) is 0 Å². The maximum atomic E-state index is 11.4. The van der Waals surface area contributed by atoms with Gasteiger partial charge in [0.2, 0.25) is 5.91 Å². The zero-order valence-electron chi connectivity index (χ0n) is 11.4. The van der Waals surface area contributed by atoms with Gasteiger partial charge in [-0.25, -0.2) is 0 Å². The Morgan fingerprint density at radius 1 is 1.44 bits per heavy atom. The normalized spacial score (nSPS) is 19.9. The first-order valence-corrected chi connectivity index (χ1v) is 7.01. The number of amides is 1. The average molecular weight is 251 g/mol. The Bertz CT molecular complexity index is 278. The number of hydrogen-bond acceptors (Lipinski definition) is 2. The Balaban J connectivity index is 2.01. The van der Waals surface area contributed by atoms with E-state index in [-0.39, 0.29) is 5.91 Å². The van der Waals surface area contributed by atoms with Crippen molar-refractivity contribution in [2.24, 2.45) is 5.92 Å². The van der Waals surface area contributed by atoms with Crippen LogP contribution in [0.4, 0.5) is 0 Å². The van der Waals surface area contributed by atoms with E-state index in [1.807, 2.05) is 12.2 Å². The van der Waals surface area contributed by atoms with Gasteiger partial charge in [0.15, 0.2) is 0 Å². The van der Waals surface area contributed by atoms with Gasteiger partial charge in [-0.1, -0.05) is 38.0 Å². The second-order valence-electron chi connectivity index (χ2n) is 4.74. The summed E-state index contributed by atoms with van der Waals surface area (Å²) in [5.41, 5.74) is 0. The van der Waals surface area contributed by atoms with Crippen LogP contribution in [-0.2, 0) is 9.53 Å². The van der Waals surface area contributed by atoms with Crippen molar-refractivity contribution < 1.29 is 9.53 Å². The summed E-state index contributed by atoms with van der Waals surface area (Å²) in [6.45, 7) is 4.65. The number of allylic oxidation sites excluding steroid dienone is 3. The lowest BCUT2D eigenvalue weighted by molar-refractivity contribution is -0.116. The Morgan fingerprint density at radius 2 is 2.33 bits per heavy atom. The molecule has 0 aromatic rings. The fourth-order valence-electron chi connectivity index (χ4n) is 1.91.